The highest BCUT2D eigenvalue weighted by Crippen LogP contribution is 2.22. The molecule has 0 radical (unpaired) electrons. The third-order valence-corrected chi connectivity index (χ3v) is 3.19. The summed E-state index contributed by atoms with van der Waals surface area (Å²) in [5.41, 5.74) is 0.419. The SMILES string of the molecule is CCOC(=O)N1CCC[C@H]1C(=O)c1ccc(F)cc1. The summed E-state index contributed by atoms with van der Waals surface area (Å²) in [7, 11) is 0. The van der Waals surface area contributed by atoms with Gasteiger partial charge < -0.3 is 4.74 Å². The molecule has 5 heteroatoms. The fourth-order valence-electron chi connectivity index (χ4n) is 2.27. The van der Waals surface area contributed by atoms with Gasteiger partial charge in [0.2, 0.25) is 0 Å². The molecule has 1 amide bonds. The fraction of sp³-hybridized carbons (Fsp3) is 0.429. The molecule has 1 heterocycles. The van der Waals surface area contributed by atoms with Gasteiger partial charge in [-0.1, -0.05) is 0 Å². The van der Waals surface area contributed by atoms with Gasteiger partial charge in [-0.2, -0.15) is 0 Å². The largest absolute Gasteiger partial charge is 0.450 e. The summed E-state index contributed by atoms with van der Waals surface area (Å²) >= 11 is 0. The van der Waals surface area contributed by atoms with Gasteiger partial charge in [-0.15, -0.1) is 0 Å². The van der Waals surface area contributed by atoms with Crippen LogP contribution in [0.2, 0.25) is 0 Å². The first-order chi connectivity index (χ1) is 9.13. The lowest BCUT2D eigenvalue weighted by Gasteiger charge is -2.22. The van der Waals surface area contributed by atoms with Crippen molar-refractivity contribution < 1.29 is 18.7 Å². The highest BCUT2D eigenvalue weighted by atomic mass is 19.1. The number of benzene rings is 1. The first-order valence-electron chi connectivity index (χ1n) is 6.36. The van der Waals surface area contributed by atoms with Crippen LogP contribution in [0.5, 0.6) is 0 Å². The molecule has 0 bridgehead atoms. The molecule has 0 unspecified atom stereocenters. The molecule has 0 saturated carbocycles. The van der Waals surface area contributed by atoms with E-state index in [9.17, 15) is 14.0 Å². The lowest BCUT2D eigenvalue weighted by molar-refractivity contribution is 0.0775. The highest BCUT2D eigenvalue weighted by Gasteiger charge is 2.35. The van der Waals surface area contributed by atoms with Crippen molar-refractivity contribution in [1.29, 1.82) is 0 Å². The molecule has 0 aliphatic carbocycles. The number of ketones is 1. The minimum absolute atomic E-state index is 0.162. The van der Waals surface area contributed by atoms with Crippen LogP contribution in [0.4, 0.5) is 9.18 Å². The van der Waals surface area contributed by atoms with Crippen LogP contribution in [0.1, 0.15) is 30.1 Å². The molecule has 0 spiro atoms. The van der Waals surface area contributed by atoms with Crippen LogP contribution in [-0.4, -0.2) is 36.0 Å². The Morgan fingerprint density at radius 3 is 2.68 bits per heavy atom. The summed E-state index contributed by atoms with van der Waals surface area (Å²) in [6, 6.07) is 4.89. The van der Waals surface area contributed by atoms with Crippen molar-refractivity contribution in [2.75, 3.05) is 13.2 Å². The molecule has 0 N–H and O–H groups in total. The maximum absolute atomic E-state index is 12.8. The second-order valence-corrected chi connectivity index (χ2v) is 4.42. The molecule has 1 aromatic carbocycles. The maximum Gasteiger partial charge on any atom is 0.410 e. The van der Waals surface area contributed by atoms with Gasteiger partial charge in [-0.05, 0) is 44.0 Å². The summed E-state index contributed by atoms with van der Waals surface area (Å²) in [6.45, 7) is 2.54. The topological polar surface area (TPSA) is 46.6 Å². The summed E-state index contributed by atoms with van der Waals surface area (Å²) in [4.78, 5) is 25.5. The van der Waals surface area contributed by atoms with Crippen molar-refractivity contribution in [3.63, 3.8) is 0 Å². The molecular formula is C14H16FNO3. The monoisotopic (exact) mass is 265 g/mol. The molecule has 19 heavy (non-hydrogen) atoms. The Hall–Kier alpha value is -1.91. The minimum atomic E-state index is -0.496. The number of halogens is 1. The van der Waals surface area contributed by atoms with E-state index in [1.54, 1.807) is 6.92 Å². The summed E-state index contributed by atoms with van der Waals surface area (Å²) in [5, 5.41) is 0. The summed E-state index contributed by atoms with van der Waals surface area (Å²) in [5.74, 6) is -0.546. The van der Waals surface area contributed by atoms with E-state index < -0.39 is 12.1 Å². The zero-order valence-corrected chi connectivity index (χ0v) is 10.8. The Labute approximate surface area is 111 Å². The number of carbonyl (C=O) groups is 2. The molecule has 0 aromatic heterocycles. The number of amides is 1. The van der Waals surface area contributed by atoms with Crippen LogP contribution in [0, 0.1) is 5.82 Å². The van der Waals surface area contributed by atoms with E-state index in [2.05, 4.69) is 0 Å². The average Bonchev–Trinajstić information content (AvgIpc) is 2.88. The summed E-state index contributed by atoms with van der Waals surface area (Å²) in [6.07, 6.45) is 0.936. The quantitative estimate of drug-likeness (QED) is 0.789. The van der Waals surface area contributed by atoms with Gasteiger partial charge >= 0.3 is 6.09 Å². The lowest BCUT2D eigenvalue weighted by Crippen LogP contribution is -2.40. The van der Waals surface area contributed by atoms with Crippen molar-refractivity contribution >= 4 is 11.9 Å². The van der Waals surface area contributed by atoms with Crippen LogP contribution in [0.3, 0.4) is 0 Å². The molecule has 1 fully saturated rings. The molecule has 1 atom stereocenters. The Kier molecular flexibility index (Phi) is 4.14. The number of hydrogen-bond acceptors (Lipinski definition) is 3. The molecule has 1 saturated heterocycles. The van der Waals surface area contributed by atoms with Gasteiger partial charge in [0, 0.05) is 12.1 Å². The van der Waals surface area contributed by atoms with E-state index in [1.807, 2.05) is 0 Å². The fourth-order valence-corrected chi connectivity index (χ4v) is 2.27. The average molecular weight is 265 g/mol. The standard InChI is InChI=1S/C14H16FNO3/c1-2-19-14(18)16-9-3-4-12(16)13(17)10-5-7-11(15)8-6-10/h5-8,12H,2-4,9H2,1H3/t12-/m0/s1. The third-order valence-electron chi connectivity index (χ3n) is 3.19. The van der Waals surface area contributed by atoms with E-state index in [0.29, 0.717) is 18.5 Å². The van der Waals surface area contributed by atoms with Crippen molar-refractivity contribution in [3.05, 3.63) is 35.6 Å². The summed E-state index contributed by atoms with van der Waals surface area (Å²) < 4.78 is 17.8. The molecule has 4 nitrogen and oxygen atoms in total. The van der Waals surface area contributed by atoms with Crippen LogP contribution >= 0.6 is 0 Å². The number of likely N-dealkylation sites (tertiary alicyclic amines) is 1. The number of nitrogens with zero attached hydrogens (tertiary/aromatic N) is 1. The van der Waals surface area contributed by atoms with Crippen molar-refractivity contribution in [2.45, 2.75) is 25.8 Å². The number of Topliss-reactive ketones (excluding diaryl/α,β-unsaturated/α-hetero) is 1. The smallest absolute Gasteiger partial charge is 0.410 e. The first-order valence-corrected chi connectivity index (χ1v) is 6.36. The van der Waals surface area contributed by atoms with E-state index in [1.165, 1.54) is 29.2 Å². The van der Waals surface area contributed by atoms with Gasteiger partial charge in [0.05, 0.1) is 12.6 Å². The number of hydrogen-bond donors (Lipinski definition) is 0. The zero-order chi connectivity index (χ0) is 13.8. The van der Waals surface area contributed by atoms with Gasteiger partial charge in [0.15, 0.2) is 5.78 Å². The highest BCUT2D eigenvalue weighted by molar-refractivity contribution is 6.01. The normalized spacial score (nSPS) is 18.4. The van der Waals surface area contributed by atoms with Crippen LogP contribution < -0.4 is 0 Å². The maximum atomic E-state index is 12.8. The lowest BCUT2D eigenvalue weighted by atomic mass is 10.0. The second kappa shape index (κ2) is 5.82. The Morgan fingerprint density at radius 1 is 1.37 bits per heavy atom. The van der Waals surface area contributed by atoms with E-state index in [-0.39, 0.29) is 18.2 Å². The Bertz CT molecular complexity index is 472. The van der Waals surface area contributed by atoms with Gasteiger partial charge in [-0.25, -0.2) is 9.18 Å². The van der Waals surface area contributed by atoms with Crippen molar-refractivity contribution in [3.8, 4) is 0 Å². The van der Waals surface area contributed by atoms with Crippen LogP contribution in [0.15, 0.2) is 24.3 Å². The Morgan fingerprint density at radius 2 is 2.05 bits per heavy atom. The molecule has 2 rings (SSSR count). The Balaban J connectivity index is 2.13. The number of carbonyl (C=O) groups excluding carboxylic acids is 2. The van der Waals surface area contributed by atoms with Crippen LogP contribution in [-0.2, 0) is 4.74 Å². The van der Waals surface area contributed by atoms with E-state index >= 15 is 0 Å². The van der Waals surface area contributed by atoms with Crippen molar-refractivity contribution in [2.24, 2.45) is 0 Å². The van der Waals surface area contributed by atoms with Crippen LogP contribution in [0.25, 0.3) is 0 Å². The number of ether oxygens (including phenoxy) is 1. The van der Waals surface area contributed by atoms with Gasteiger partial charge in [0.25, 0.3) is 0 Å². The molecular weight excluding hydrogens is 249 g/mol. The number of rotatable bonds is 3. The van der Waals surface area contributed by atoms with Gasteiger partial charge in [-0.3, -0.25) is 9.69 Å². The third kappa shape index (κ3) is 2.92. The second-order valence-electron chi connectivity index (χ2n) is 4.42. The molecule has 102 valence electrons. The molecule has 1 aliphatic rings. The van der Waals surface area contributed by atoms with E-state index in [0.717, 1.165) is 6.42 Å². The minimum Gasteiger partial charge on any atom is -0.450 e. The van der Waals surface area contributed by atoms with Gasteiger partial charge in [0.1, 0.15) is 5.82 Å². The molecule has 1 aliphatic heterocycles. The molecule has 1 aromatic rings. The first kappa shape index (κ1) is 13.5. The zero-order valence-electron chi connectivity index (χ0n) is 10.8. The van der Waals surface area contributed by atoms with Crippen molar-refractivity contribution in [1.82, 2.24) is 4.90 Å². The predicted molar refractivity (Wildman–Crippen MR) is 67.5 cm³/mol. The predicted octanol–water partition coefficient (Wildman–Crippen LogP) is 2.63. The van der Waals surface area contributed by atoms with E-state index in [4.69, 9.17) is 4.74 Å².